The maximum Gasteiger partial charge on any atom is 0.335 e. The Labute approximate surface area is 94.8 Å². The van der Waals surface area contributed by atoms with Gasteiger partial charge in [0.1, 0.15) is 9.84 Å². The molecule has 1 N–H and O–H groups in total. The van der Waals surface area contributed by atoms with Crippen molar-refractivity contribution >= 4 is 15.8 Å². The fourth-order valence-electron chi connectivity index (χ4n) is 1.50. The Bertz CT molecular complexity index is 473. The zero-order chi connectivity index (χ0) is 12.3. The first kappa shape index (κ1) is 12.7. The van der Waals surface area contributed by atoms with E-state index in [1.807, 2.05) is 0 Å². The van der Waals surface area contributed by atoms with E-state index >= 15 is 0 Å². The summed E-state index contributed by atoms with van der Waals surface area (Å²) in [5.41, 5.74) is 1.03. The Morgan fingerprint density at radius 3 is 2.19 bits per heavy atom. The lowest BCUT2D eigenvalue weighted by Crippen LogP contribution is -2.10. The Morgan fingerprint density at radius 2 is 1.81 bits per heavy atom. The summed E-state index contributed by atoms with van der Waals surface area (Å²) in [6, 6.07) is 6.27. The third-order valence-corrected chi connectivity index (χ3v) is 3.38. The van der Waals surface area contributed by atoms with Crippen LogP contribution in [-0.4, -0.2) is 31.5 Å². The van der Waals surface area contributed by atoms with Crippen LogP contribution in [0.25, 0.3) is 0 Å². The third kappa shape index (κ3) is 3.66. The van der Waals surface area contributed by atoms with Crippen LogP contribution in [0.3, 0.4) is 0 Å². The van der Waals surface area contributed by atoms with E-state index in [2.05, 4.69) is 0 Å². The molecule has 0 unspecified atom stereocenters. The SMILES string of the molecule is C[C@H](CS(C)(=O)=O)c1ccc(C(=O)O)cc1. The molecule has 88 valence electrons. The molecule has 1 rings (SSSR count). The maximum atomic E-state index is 11.1. The van der Waals surface area contributed by atoms with Crippen LogP contribution in [0, 0.1) is 0 Å². The molecular weight excluding hydrogens is 228 g/mol. The molecular formula is C11H14O4S. The molecule has 0 aliphatic rings. The Balaban J connectivity index is 2.86. The lowest BCUT2D eigenvalue weighted by Gasteiger charge is -2.10. The number of hydrogen-bond donors (Lipinski definition) is 1. The van der Waals surface area contributed by atoms with Crippen LogP contribution in [0.5, 0.6) is 0 Å². The molecule has 0 aliphatic carbocycles. The number of carboxylic acids is 1. The molecule has 1 atom stereocenters. The van der Waals surface area contributed by atoms with Crippen LogP contribution in [-0.2, 0) is 9.84 Å². The molecule has 0 heterocycles. The molecule has 0 bridgehead atoms. The van der Waals surface area contributed by atoms with Crippen molar-refractivity contribution in [3.05, 3.63) is 35.4 Å². The van der Waals surface area contributed by atoms with Gasteiger partial charge in [0, 0.05) is 6.26 Å². The number of carboxylic acid groups (broad SMARTS) is 1. The monoisotopic (exact) mass is 242 g/mol. The van der Waals surface area contributed by atoms with Crippen molar-refractivity contribution in [2.45, 2.75) is 12.8 Å². The van der Waals surface area contributed by atoms with Gasteiger partial charge in [-0.25, -0.2) is 13.2 Å². The van der Waals surface area contributed by atoms with Crippen molar-refractivity contribution in [3.63, 3.8) is 0 Å². The van der Waals surface area contributed by atoms with Crippen molar-refractivity contribution < 1.29 is 18.3 Å². The summed E-state index contributed by atoms with van der Waals surface area (Å²) in [6.45, 7) is 1.80. The van der Waals surface area contributed by atoms with Crippen LogP contribution in [0.1, 0.15) is 28.8 Å². The molecule has 16 heavy (non-hydrogen) atoms. The first-order chi connectivity index (χ1) is 7.29. The molecule has 0 amide bonds. The summed E-state index contributed by atoms with van der Waals surface area (Å²) >= 11 is 0. The molecule has 5 heteroatoms. The van der Waals surface area contributed by atoms with Gasteiger partial charge in [0.2, 0.25) is 0 Å². The van der Waals surface area contributed by atoms with Crippen molar-refractivity contribution in [2.75, 3.05) is 12.0 Å². The molecule has 0 radical (unpaired) electrons. The minimum atomic E-state index is -3.01. The minimum absolute atomic E-state index is 0.0689. The summed E-state index contributed by atoms with van der Waals surface area (Å²) in [7, 11) is -3.01. The summed E-state index contributed by atoms with van der Waals surface area (Å²) in [6.07, 6.45) is 1.19. The van der Waals surface area contributed by atoms with Crippen molar-refractivity contribution in [1.82, 2.24) is 0 Å². The molecule has 1 aromatic carbocycles. The molecule has 1 aromatic rings. The van der Waals surface area contributed by atoms with E-state index in [1.54, 1.807) is 19.1 Å². The third-order valence-electron chi connectivity index (χ3n) is 2.28. The molecule has 0 fully saturated rings. The van der Waals surface area contributed by atoms with Crippen molar-refractivity contribution in [1.29, 1.82) is 0 Å². The molecule has 0 aromatic heterocycles. The lowest BCUT2D eigenvalue weighted by molar-refractivity contribution is 0.0697. The highest BCUT2D eigenvalue weighted by molar-refractivity contribution is 7.90. The minimum Gasteiger partial charge on any atom is -0.478 e. The number of rotatable bonds is 4. The van der Waals surface area contributed by atoms with E-state index in [-0.39, 0.29) is 17.2 Å². The number of aromatic carboxylic acids is 1. The van der Waals surface area contributed by atoms with Gasteiger partial charge in [0.25, 0.3) is 0 Å². The van der Waals surface area contributed by atoms with E-state index in [4.69, 9.17) is 5.11 Å². The first-order valence-electron chi connectivity index (χ1n) is 4.80. The molecule has 0 saturated heterocycles. The predicted molar refractivity (Wildman–Crippen MR) is 61.5 cm³/mol. The predicted octanol–water partition coefficient (Wildman–Crippen LogP) is 1.53. The average molecular weight is 242 g/mol. The number of carbonyl (C=O) groups is 1. The van der Waals surface area contributed by atoms with E-state index in [9.17, 15) is 13.2 Å². The smallest absolute Gasteiger partial charge is 0.335 e. The van der Waals surface area contributed by atoms with Gasteiger partial charge >= 0.3 is 5.97 Å². The van der Waals surface area contributed by atoms with Gasteiger partial charge in [-0.2, -0.15) is 0 Å². The standard InChI is InChI=1S/C11H14O4S/c1-8(7-16(2,14)15)9-3-5-10(6-4-9)11(12)13/h3-6,8H,7H2,1-2H3,(H,12,13)/t8-/m1/s1. The van der Waals surface area contributed by atoms with E-state index in [1.165, 1.54) is 18.4 Å². The second kappa shape index (κ2) is 4.65. The van der Waals surface area contributed by atoms with Crippen LogP contribution in [0.2, 0.25) is 0 Å². The fraction of sp³-hybridized carbons (Fsp3) is 0.364. The topological polar surface area (TPSA) is 71.4 Å². The van der Waals surface area contributed by atoms with E-state index in [0.717, 1.165) is 5.56 Å². The largest absolute Gasteiger partial charge is 0.478 e. The lowest BCUT2D eigenvalue weighted by atomic mass is 10.0. The number of benzene rings is 1. The van der Waals surface area contributed by atoms with Gasteiger partial charge < -0.3 is 5.11 Å². The zero-order valence-corrected chi connectivity index (χ0v) is 9.99. The fourth-order valence-corrected chi connectivity index (χ4v) is 2.61. The van der Waals surface area contributed by atoms with Gasteiger partial charge in [0.15, 0.2) is 0 Å². The second-order valence-electron chi connectivity index (χ2n) is 3.92. The van der Waals surface area contributed by atoms with Crippen LogP contribution < -0.4 is 0 Å². The van der Waals surface area contributed by atoms with Gasteiger partial charge in [-0.3, -0.25) is 0 Å². The van der Waals surface area contributed by atoms with Gasteiger partial charge in [-0.15, -0.1) is 0 Å². The van der Waals surface area contributed by atoms with E-state index < -0.39 is 15.8 Å². The molecule has 0 spiro atoms. The van der Waals surface area contributed by atoms with Crippen LogP contribution >= 0.6 is 0 Å². The summed E-state index contributed by atoms with van der Waals surface area (Å²) < 4.78 is 22.2. The Hall–Kier alpha value is -1.36. The second-order valence-corrected chi connectivity index (χ2v) is 6.11. The van der Waals surface area contributed by atoms with Gasteiger partial charge in [-0.1, -0.05) is 19.1 Å². The van der Waals surface area contributed by atoms with Crippen molar-refractivity contribution in [2.24, 2.45) is 0 Å². The summed E-state index contributed by atoms with van der Waals surface area (Å²) in [5.74, 6) is -1.04. The summed E-state index contributed by atoms with van der Waals surface area (Å²) in [4.78, 5) is 10.6. The van der Waals surface area contributed by atoms with Gasteiger partial charge in [0.05, 0.1) is 11.3 Å². The van der Waals surface area contributed by atoms with Crippen LogP contribution in [0.4, 0.5) is 0 Å². The quantitative estimate of drug-likeness (QED) is 0.869. The molecule has 0 saturated carbocycles. The zero-order valence-electron chi connectivity index (χ0n) is 9.17. The Morgan fingerprint density at radius 1 is 1.31 bits per heavy atom. The van der Waals surface area contributed by atoms with E-state index in [0.29, 0.717) is 0 Å². The first-order valence-corrected chi connectivity index (χ1v) is 6.86. The Kier molecular flexibility index (Phi) is 3.70. The number of sulfone groups is 1. The van der Waals surface area contributed by atoms with Crippen LogP contribution in [0.15, 0.2) is 24.3 Å². The van der Waals surface area contributed by atoms with Gasteiger partial charge in [-0.05, 0) is 23.6 Å². The highest BCUT2D eigenvalue weighted by atomic mass is 32.2. The summed E-state index contributed by atoms with van der Waals surface area (Å²) in [5, 5.41) is 8.70. The maximum absolute atomic E-state index is 11.1. The molecule has 0 aliphatic heterocycles. The molecule has 4 nitrogen and oxygen atoms in total. The normalized spacial score (nSPS) is 13.4. The highest BCUT2D eigenvalue weighted by Crippen LogP contribution is 2.17. The highest BCUT2D eigenvalue weighted by Gasteiger charge is 2.13. The average Bonchev–Trinajstić information content (AvgIpc) is 2.15. The number of hydrogen-bond acceptors (Lipinski definition) is 3. The van der Waals surface area contributed by atoms with Crippen molar-refractivity contribution in [3.8, 4) is 0 Å².